The third-order valence-corrected chi connectivity index (χ3v) is 7.31. The van der Waals surface area contributed by atoms with Crippen LogP contribution in [0.4, 0.5) is 0 Å². The van der Waals surface area contributed by atoms with Crippen molar-refractivity contribution in [3.05, 3.63) is 0 Å². The molecule has 0 unspecified atom stereocenters. The fraction of sp³-hybridized carbons (Fsp3) is 1.00. The summed E-state index contributed by atoms with van der Waals surface area (Å²) in [6.07, 6.45) is 11.0. The van der Waals surface area contributed by atoms with Crippen LogP contribution in [0.5, 0.6) is 0 Å². The van der Waals surface area contributed by atoms with Crippen molar-refractivity contribution >= 4 is 0 Å². The first kappa shape index (κ1) is 13.3. The summed E-state index contributed by atoms with van der Waals surface area (Å²) >= 11 is 0. The van der Waals surface area contributed by atoms with Crippen LogP contribution in [0.1, 0.15) is 71.6 Å². The van der Waals surface area contributed by atoms with Crippen LogP contribution in [0.3, 0.4) is 0 Å². The van der Waals surface area contributed by atoms with Crippen LogP contribution < -0.4 is 0 Å². The van der Waals surface area contributed by atoms with Gasteiger partial charge in [-0.2, -0.15) is 9.78 Å². The Morgan fingerprint density at radius 2 is 1.29 bits per heavy atom. The summed E-state index contributed by atoms with van der Waals surface area (Å²) in [5.74, 6) is 2.24. The van der Waals surface area contributed by atoms with E-state index in [2.05, 4.69) is 13.8 Å². The summed E-state index contributed by atoms with van der Waals surface area (Å²) in [5.41, 5.74) is 0.428. The topological polar surface area (TPSA) is 27.7 Å². The molecule has 1 aliphatic heterocycles. The minimum absolute atomic E-state index is 0.380. The molecule has 0 radical (unpaired) electrons. The van der Waals surface area contributed by atoms with E-state index in [0.717, 1.165) is 24.7 Å². The van der Waals surface area contributed by atoms with Gasteiger partial charge < -0.3 is 4.74 Å². The molecular formula is C18H28O3. The molecule has 5 aliphatic carbocycles. The zero-order chi connectivity index (χ0) is 14.3. The van der Waals surface area contributed by atoms with Crippen molar-refractivity contribution in [2.45, 2.75) is 83.2 Å². The van der Waals surface area contributed by atoms with Gasteiger partial charge in [-0.15, -0.1) is 0 Å². The molecular weight excluding hydrogens is 264 g/mol. The van der Waals surface area contributed by atoms with Gasteiger partial charge in [-0.25, -0.2) is 0 Å². The average molecular weight is 292 g/mol. The first-order valence-corrected chi connectivity index (χ1v) is 9.06. The summed E-state index contributed by atoms with van der Waals surface area (Å²) in [6, 6.07) is 0. The Hall–Kier alpha value is -0.120. The van der Waals surface area contributed by atoms with Gasteiger partial charge in [-0.1, -0.05) is 13.8 Å². The van der Waals surface area contributed by atoms with Gasteiger partial charge in [-0.05, 0) is 62.2 Å². The molecule has 3 heteroatoms. The molecule has 6 fully saturated rings. The van der Waals surface area contributed by atoms with Crippen LogP contribution in [0.2, 0.25) is 0 Å². The molecule has 0 amide bonds. The van der Waals surface area contributed by atoms with E-state index in [1.165, 1.54) is 44.9 Å². The second-order valence-electron chi connectivity index (χ2n) is 9.37. The van der Waals surface area contributed by atoms with Crippen molar-refractivity contribution in [1.29, 1.82) is 0 Å². The summed E-state index contributed by atoms with van der Waals surface area (Å²) in [7, 11) is 0. The van der Waals surface area contributed by atoms with E-state index < -0.39 is 5.79 Å². The third-order valence-electron chi connectivity index (χ3n) is 7.31. The highest BCUT2D eigenvalue weighted by Crippen LogP contribution is 2.64. The molecule has 0 aromatic heterocycles. The van der Waals surface area contributed by atoms with Gasteiger partial charge in [0.1, 0.15) is 0 Å². The van der Waals surface area contributed by atoms with E-state index >= 15 is 0 Å². The third kappa shape index (κ3) is 1.83. The van der Waals surface area contributed by atoms with E-state index in [1.54, 1.807) is 0 Å². The second-order valence-corrected chi connectivity index (χ2v) is 9.37. The molecule has 6 aliphatic rings. The molecule has 118 valence electrons. The van der Waals surface area contributed by atoms with Crippen LogP contribution in [0.15, 0.2) is 0 Å². The molecule has 6 rings (SSSR count). The molecule has 0 N–H and O–H groups in total. The van der Waals surface area contributed by atoms with Gasteiger partial charge in [0.2, 0.25) is 11.6 Å². The molecule has 4 bridgehead atoms. The fourth-order valence-corrected chi connectivity index (χ4v) is 6.10. The number of ether oxygens (including phenoxy) is 1. The first-order valence-electron chi connectivity index (χ1n) is 9.06. The number of hydrogen-bond acceptors (Lipinski definition) is 3. The van der Waals surface area contributed by atoms with E-state index in [4.69, 9.17) is 14.5 Å². The number of rotatable bonds is 0. The maximum absolute atomic E-state index is 6.70. The predicted octanol–water partition coefficient (Wildman–Crippen LogP) is 4.41. The van der Waals surface area contributed by atoms with Gasteiger partial charge in [-0.3, -0.25) is 0 Å². The van der Waals surface area contributed by atoms with Crippen molar-refractivity contribution in [3.63, 3.8) is 0 Å². The maximum atomic E-state index is 6.70. The van der Waals surface area contributed by atoms with Crippen LogP contribution in [-0.4, -0.2) is 11.6 Å². The van der Waals surface area contributed by atoms with Gasteiger partial charge in [0, 0.05) is 24.7 Å². The lowest BCUT2D eigenvalue weighted by Crippen LogP contribution is -2.59. The highest BCUT2D eigenvalue weighted by atomic mass is 17.3. The SMILES string of the molecule is CC1(C)CCC2(CC1)OOC1(O2)C2CC3CC(C2)CC1C3. The lowest BCUT2D eigenvalue weighted by molar-refractivity contribution is -0.390. The lowest BCUT2D eigenvalue weighted by Gasteiger charge is -2.57. The predicted molar refractivity (Wildman–Crippen MR) is 78.0 cm³/mol. The Morgan fingerprint density at radius 1 is 0.714 bits per heavy atom. The van der Waals surface area contributed by atoms with Gasteiger partial charge in [0.25, 0.3) is 0 Å². The van der Waals surface area contributed by atoms with E-state index in [1.807, 2.05) is 0 Å². The minimum atomic E-state index is -0.426. The van der Waals surface area contributed by atoms with Crippen LogP contribution in [-0.2, 0) is 14.5 Å². The molecule has 1 heterocycles. The summed E-state index contributed by atoms with van der Waals surface area (Å²) in [6.45, 7) is 4.71. The van der Waals surface area contributed by atoms with Crippen molar-refractivity contribution in [2.75, 3.05) is 0 Å². The Bertz CT molecular complexity index is 417. The zero-order valence-corrected chi connectivity index (χ0v) is 13.4. The van der Waals surface area contributed by atoms with Crippen molar-refractivity contribution in [2.24, 2.45) is 29.1 Å². The molecule has 3 nitrogen and oxygen atoms in total. The number of hydrogen-bond donors (Lipinski definition) is 0. The molecule has 21 heavy (non-hydrogen) atoms. The Morgan fingerprint density at radius 3 is 1.86 bits per heavy atom. The van der Waals surface area contributed by atoms with Crippen molar-refractivity contribution in [3.8, 4) is 0 Å². The lowest BCUT2D eigenvalue weighted by atomic mass is 9.53. The standard InChI is InChI=1S/C18H28O3/c1-16(2)3-5-17(6-4-16)19-18(21-20-17)14-8-12-7-13(10-14)11-15(18)9-12/h12-15H,3-11H2,1-2H3. The zero-order valence-electron chi connectivity index (χ0n) is 13.4. The molecule has 1 saturated heterocycles. The molecule has 0 aromatic rings. The van der Waals surface area contributed by atoms with Gasteiger partial charge in [0.15, 0.2) is 0 Å². The highest BCUT2D eigenvalue weighted by molar-refractivity contribution is 5.05. The Labute approximate surface area is 127 Å². The van der Waals surface area contributed by atoms with Crippen molar-refractivity contribution < 1.29 is 14.5 Å². The molecule has 5 saturated carbocycles. The van der Waals surface area contributed by atoms with Gasteiger partial charge >= 0.3 is 0 Å². The largest absolute Gasteiger partial charge is 0.312 e. The quantitative estimate of drug-likeness (QED) is 0.619. The van der Waals surface area contributed by atoms with E-state index in [-0.39, 0.29) is 5.79 Å². The Kier molecular flexibility index (Phi) is 2.56. The molecule has 0 atom stereocenters. The maximum Gasteiger partial charge on any atom is 0.210 e. The van der Waals surface area contributed by atoms with E-state index in [0.29, 0.717) is 17.3 Å². The highest BCUT2D eigenvalue weighted by Gasteiger charge is 2.66. The van der Waals surface area contributed by atoms with Crippen LogP contribution in [0.25, 0.3) is 0 Å². The van der Waals surface area contributed by atoms with Crippen LogP contribution >= 0.6 is 0 Å². The summed E-state index contributed by atoms with van der Waals surface area (Å²) < 4.78 is 6.70. The summed E-state index contributed by atoms with van der Waals surface area (Å²) in [4.78, 5) is 12.0. The minimum Gasteiger partial charge on any atom is -0.312 e. The fourth-order valence-electron chi connectivity index (χ4n) is 6.10. The van der Waals surface area contributed by atoms with Crippen molar-refractivity contribution in [1.82, 2.24) is 0 Å². The van der Waals surface area contributed by atoms with Gasteiger partial charge in [0.05, 0.1) is 0 Å². The monoisotopic (exact) mass is 292 g/mol. The summed E-state index contributed by atoms with van der Waals surface area (Å²) in [5, 5.41) is 0. The molecule has 0 aromatic carbocycles. The Balaban J connectivity index is 1.40. The smallest absolute Gasteiger partial charge is 0.210 e. The van der Waals surface area contributed by atoms with E-state index in [9.17, 15) is 0 Å². The van der Waals surface area contributed by atoms with Crippen LogP contribution in [0, 0.1) is 29.1 Å². The average Bonchev–Trinajstić information content (AvgIpc) is 2.81. The first-order chi connectivity index (χ1) is 9.99. The normalized spacial score (nSPS) is 52.9. The molecule has 2 spiro atoms. The second kappa shape index (κ2) is 4.04.